The van der Waals surface area contributed by atoms with Crippen LogP contribution in [0.1, 0.15) is 11.7 Å². The van der Waals surface area contributed by atoms with Gasteiger partial charge in [-0.05, 0) is 6.07 Å². The van der Waals surface area contributed by atoms with Crippen molar-refractivity contribution in [2.75, 3.05) is 6.61 Å². The highest BCUT2D eigenvalue weighted by Gasteiger charge is 2.21. The van der Waals surface area contributed by atoms with Crippen LogP contribution >= 0.6 is 0 Å². The van der Waals surface area contributed by atoms with Gasteiger partial charge < -0.3 is 15.9 Å². The minimum atomic E-state index is -1.58. The van der Waals surface area contributed by atoms with Gasteiger partial charge in [-0.2, -0.15) is 0 Å². The van der Waals surface area contributed by atoms with E-state index in [4.69, 9.17) is 10.8 Å². The second-order valence-electron chi connectivity index (χ2n) is 3.08. The third-order valence-electron chi connectivity index (χ3n) is 1.97. The van der Waals surface area contributed by atoms with E-state index in [-0.39, 0.29) is 0 Å². The Morgan fingerprint density at radius 2 is 1.67 bits per heavy atom. The molecule has 0 aromatic heterocycles. The van der Waals surface area contributed by atoms with Crippen LogP contribution in [0.2, 0.25) is 0 Å². The summed E-state index contributed by atoms with van der Waals surface area (Å²) in [5.41, 5.74) is 4.75. The highest BCUT2D eigenvalue weighted by molar-refractivity contribution is 5.23. The summed E-state index contributed by atoms with van der Waals surface area (Å²) in [6.07, 6.45) is -1.58. The molecule has 1 aromatic carbocycles. The van der Waals surface area contributed by atoms with E-state index in [0.29, 0.717) is 12.1 Å². The molecular formula is C9H10F3NO2. The van der Waals surface area contributed by atoms with Gasteiger partial charge in [0.1, 0.15) is 5.82 Å². The number of halogens is 3. The van der Waals surface area contributed by atoms with Crippen molar-refractivity contribution in [2.24, 2.45) is 5.73 Å². The van der Waals surface area contributed by atoms with Gasteiger partial charge in [-0.15, -0.1) is 0 Å². The predicted molar refractivity (Wildman–Crippen MR) is 46.3 cm³/mol. The molecule has 0 saturated carbocycles. The smallest absolute Gasteiger partial charge is 0.161 e. The molecule has 1 aromatic rings. The van der Waals surface area contributed by atoms with Crippen molar-refractivity contribution in [1.82, 2.24) is 0 Å². The zero-order chi connectivity index (χ0) is 11.6. The van der Waals surface area contributed by atoms with Crippen LogP contribution in [0, 0.1) is 17.5 Å². The number of aliphatic hydroxyl groups excluding tert-OH is 2. The fraction of sp³-hybridized carbons (Fsp3) is 0.333. The minimum Gasteiger partial charge on any atom is -0.395 e. The van der Waals surface area contributed by atoms with Gasteiger partial charge in [0.15, 0.2) is 11.6 Å². The lowest BCUT2D eigenvalue weighted by atomic mass is 10.0. The molecule has 0 aliphatic rings. The van der Waals surface area contributed by atoms with Crippen LogP contribution in [0.25, 0.3) is 0 Å². The molecule has 0 saturated heterocycles. The molecule has 0 heterocycles. The predicted octanol–water partition coefficient (Wildman–Crippen LogP) is 0.457. The molecule has 0 aliphatic heterocycles. The maximum absolute atomic E-state index is 13.1. The largest absolute Gasteiger partial charge is 0.395 e. The van der Waals surface area contributed by atoms with E-state index < -0.39 is 41.8 Å². The maximum atomic E-state index is 13.1. The zero-order valence-corrected chi connectivity index (χ0v) is 7.62. The van der Waals surface area contributed by atoms with E-state index in [0.717, 1.165) is 0 Å². The fourth-order valence-corrected chi connectivity index (χ4v) is 1.10. The van der Waals surface area contributed by atoms with Gasteiger partial charge in [0, 0.05) is 11.6 Å². The van der Waals surface area contributed by atoms with Crippen LogP contribution in [-0.4, -0.2) is 22.9 Å². The van der Waals surface area contributed by atoms with Crippen molar-refractivity contribution < 1.29 is 23.4 Å². The molecule has 0 amide bonds. The average molecular weight is 221 g/mol. The summed E-state index contributed by atoms with van der Waals surface area (Å²) >= 11 is 0. The Bertz CT molecular complexity index is 359. The molecule has 2 unspecified atom stereocenters. The van der Waals surface area contributed by atoms with E-state index >= 15 is 0 Å². The van der Waals surface area contributed by atoms with Crippen molar-refractivity contribution in [3.05, 3.63) is 35.1 Å². The van der Waals surface area contributed by atoms with Gasteiger partial charge in [0.05, 0.1) is 18.8 Å². The van der Waals surface area contributed by atoms with Crippen molar-refractivity contribution in [3.63, 3.8) is 0 Å². The Labute approximate surface area is 84.0 Å². The first-order valence-electron chi connectivity index (χ1n) is 4.16. The molecule has 4 N–H and O–H groups in total. The van der Waals surface area contributed by atoms with Crippen molar-refractivity contribution >= 4 is 0 Å². The molecule has 1 rings (SSSR count). The molecular weight excluding hydrogens is 211 g/mol. The fourth-order valence-electron chi connectivity index (χ4n) is 1.10. The van der Waals surface area contributed by atoms with Gasteiger partial charge in [-0.25, -0.2) is 13.2 Å². The normalized spacial score (nSPS) is 15.1. The Hall–Kier alpha value is -1.11. The van der Waals surface area contributed by atoms with Crippen LogP contribution in [0.5, 0.6) is 0 Å². The number of benzene rings is 1. The quantitative estimate of drug-likeness (QED) is 0.649. The van der Waals surface area contributed by atoms with Gasteiger partial charge in [-0.3, -0.25) is 0 Å². The molecule has 84 valence electrons. The zero-order valence-electron chi connectivity index (χ0n) is 7.62. The molecule has 0 spiro atoms. The van der Waals surface area contributed by atoms with Crippen molar-refractivity contribution in [2.45, 2.75) is 12.1 Å². The van der Waals surface area contributed by atoms with Gasteiger partial charge in [0.25, 0.3) is 0 Å². The monoisotopic (exact) mass is 221 g/mol. The van der Waals surface area contributed by atoms with Gasteiger partial charge in [-0.1, -0.05) is 0 Å². The lowest BCUT2D eigenvalue weighted by Crippen LogP contribution is -2.32. The summed E-state index contributed by atoms with van der Waals surface area (Å²) in [6.45, 7) is -0.598. The van der Waals surface area contributed by atoms with Crippen LogP contribution in [-0.2, 0) is 0 Å². The maximum Gasteiger partial charge on any atom is 0.161 e. The van der Waals surface area contributed by atoms with Crippen LogP contribution < -0.4 is 5.73 Å². The van der Waals surface area contributed by atoms with Crippen molar-refractivity contribution in [1.29, 1.82) is 0 Å². The van der Waals surface area contributed by atoms with E-state index in [1.54, 1.807) is 0 Å². The molecule has 15 heavy (non-hydrogen) atoms. The minimum absolute atomic E-state index is 0.317. The van der Waals surface area contributed by atoms with Crippen molar-refractivity contribution in [3.8, 4) is 0 Å². The molecule has 0 aliphatic carbocycles. The Balaban J connectivity index is 3.09. The summed E-state index contributed by atoms with van der Waals surface area (Å²) in [4.78, 5) is 0. The Kier molecular flexibility index (Phi) is 3.67. The first-order chi connectivity index (χ1) is 6.97. The average Bonchev–Trinajstić information content (AvgIpc) is 2.21. The Morgan fingerprint density at radius 3 is 2.20 bits per heavy atom. The van der Waals surface area contributed by atoms with E-state index in [2.05, 4.69) is 0 Å². The Morgan fingerprint density at radius 1 is 1.13 bits per heavy atom. The summed E-state index contributed by atoms with van der Waals surface area (Å²) in [5.74, 6) is -3.73. The van der Waals surface area contributed by atoms with Gasteiger partial charge in [0.2, 0.25) is 0 Å². The first kappa shape index (κ1) is 12.0. The highest BCUT2D eigenvalue weighted by atomic mass is 19.2. The number of nitrogens with two attached hydrogens (primary N) is 1. The van der Waals surface area contributed by atoms with Gasteiger partial charge >= 0.3 is 0 Å². The third-order valence-corrected chi connectivity index (χ3v) is 1.97. The summed E-state index contributed by atoms with van der Waals surface area (Å²) in [7, 11) is 0. The van der Waals surface area contributed by atoms with Crippen LogP contribution in [0.4, 0.5) is 13.2 Å². The molecule has 0 radical (unpaired) electrons. The second-order valence-corrected chi connectivity index (χ2v) is 3.08. The first-order valence-corrected chi connectivity index (χ1v) is 4.16. The SMILES string of the molecule is NC(CO)C(O)c1cc(F)c(F)cc1F. The molecule has 0 fully saturated rings. The number of hydrogen-bond acceptors (Lipinski definition) is 3. The summed E-state index contributed by atoms with van der Waals surface area (Å²) in [5, 5.41) is 18.0. The topological polar surface area (TPSA) is 66.5 Å². The van der Waals surface area contributed by atoms with E-state index in [9.17, 15) is 18.3 Å². The number of aliphatic hydroxyl groups is 2. The lowest BCUT2D eigenvalue weighted by Gasteiger charge is -2.17. The standard InChI is InChI=1S/C9H10F3NO2/c10-5-2-7(12)6(11)1-4(5)9(15)8(13)3-14/h1-2,8-9,14-15H,3,13H2. The highest BCUT2D eigenvalue weighted by Crippen LogP contribution is 2.22. The second kappa shape index (κ2) is 4.61. The molecule has 2 atom stereocenters. The lowest BCUT2D eigenvalue weighted by molar-refractivity contribution is 0.106. The summed E-state index contributed by atoms with van der Waals surface area (Å²) in [6, 6.07) is -0.313. The molecule has 3 nitrogen and oxygen atoms in total. The van der Waals surface area contributed by atoms with E-state index in [1.165, 1.54) is 0 Å². The third kappa shape index (κ3) is 2.47. The molecule has 0 bridgehead atoms. The van der Waals surface area contributed by atoms with Crippen LogP contribution in [0.15, 0.2) is 12.1 Å². The molecule has 6 heteroatoms. The number of hydrogen-bond donors (Lipinski definition) is 3. The van der Waals surface area contributed by atoms with E-state index in [1.807, 2.05) is 0 Å². The summed E-state index contributed by atoms with van der Waals surface area (Å²) < 4.78 is 38.3. The van der Waals surface area contributed by atoms with Crippen LogP contribution in [0.3, 0.4) is 0 Å². The number of rotatable bonds is 3.